The fraction of sp³-hybridized carbons (Fsp3) is 0.636. The van der Waals surface area contributed by atoms with Gasteiger partial charge in [0.2, 0.25) is 0 Å². The summed E-state index contributed by atoms with van der Waals surface area (Å²) in [5.74, 6) is 1.68. The summed E-state index contributed by atoms with van der Waals surface area (Å²) in [5, 5.41) is 0. The van der Waals surface area contributed by atoms with Crippen LogP contribution in [0.4, 0.5) is 0 Å². The first-order valence-corrected chi connectivity index (χ1v) is 9.89. The summed E-state index contributed by atoms with van der Waals surface area (Å²) in [5.41, 5.74) is 4.13. The van der Waals surface area contributed by atoms with Crippen LogP contribution < -0.4 is 4.74 Å². The number of hydrogen-bond donors (Lipinski definition) is 0. The van der Waals surface area contributed by atoms with Gasteiger partial charge in [-0.2, -0.15) is 0 Å². The second-order valence-corrected chi connectivity index (χ2v) is 7.42. The second-order valence-electron chi connectivity index (χ2n) is 7.42. The van der Waals surface area contributed by atoms with E-state index in [1.54, 1.807) is 5.57 Å². The molecule has 25 heavy (non-hydrogen) atoms. The summed E-state index contributed by atoms with van der Waals surface area (Å²) in [4.78, 5) is 0. The maximum Gasteiger partial charge on any atom is 0.122 e. The van der Waals surface area contributed by atoms with Crippen LogP contribution in [0.15, 0.2) is 23.8 Å². The first-order chi connectivity index (χ1) is 12.3. The number of allylic oxidation sites excluding steroid dienone is 1. The summed E-state index contributed by atoms with van der Waals surface area (Å²) >= 11 is 0. The Morgan fingerprint density at radius 2 is 1.88 bits per heavy atom. The lowest BCUT2D eigenvalue weighted by molar-refractivity contribution is -0.0718. The molecule has 0 N–H and O–H groups in total. The molecule has 3 rings (SSSR count). The Balaban J connectivity index is 1.23. The van der Waals surface area contributed by atoms with Gasteiger partial charge in [0, 0.05) is 12.5 Å². The molecule has 1 aromatic carbocycles. The molecule has 0 spiro atoms. The van der Waals surface area contributed by atoms with Crippen molar-refractivity contribution in [3.8, 4) is 5.75 Å². The number of hydrogen-bond acceptors (Lipinski definition) is 3. The van der Waals surface area contributed by atoms with Crippen LogP contribution in [0.25, 0.3) is 6.08 Å². The first kappa shape index (κ1) is 18.5. The molecule has 1 heterocycles. The van der Waals surface area contributed by atoms with E-state index in [-0.39, 0.29) is 0 Å². The molecule has 138 valence electrons. The van der Waals surface area contributed by atoms with Crippen LogP contribution in [0.5, 0.6) is 5.75 Å². The zero-order chi connectivity index (χ0) is 17.3. The van der Waals surface area contributed by atoms with Crippen molar-refractivity contribution in [1.29, 1.82) is 0 Å². The average Bonchev–Trinajstić information content (AvgIpc) is 2.52. The number of ether oxygens (including phenoxy) is 3. The number of benzene rings is 1. The van der Waals surface area contributed by atoms with E-state index in [1.807, 2.05) is 0 Å². The molecule has 0 amide bonds. The number of aryl methyl sites for hydroxylation is 1. The maximum absolute atomic E-state index is 5.95. The van der Waals surface area contributed by atoms with Gasteiger partial charge in [0.1, 0.15) is 5.75 Å². The number of unbranched alkanes of at least 4 members (excludes halogenated alkanes) is 3. The van der Waals surface area contributed by atoms with Gasteiger partial charge in [0.05, 0.1) is 26.4 Å². The molecule has 2 aliphatic rings. The minimum Gasteiger partial charge on any atom is -0.493 e. The van der Waals surface area contributed by atoms with Crippen molar-refractivity contribution < 1.29 is 14.2 Å². The van der Waals surface area contributed by atoms with Crippen molar-refractivity contribution in [2.45, 2.75) is 51.9 Å². The molecule has 1 aromatic rings. The van der Waals surface area contributed by atoms with E-state index in [9.17, 15) is 0 Å². The summed E-state index contributed by atoms with van der Waals surface area (Å²) in [6.07, 6.45) is 10.9. The van der Waals surface area contributed by atoms with E-state index in [0.29, 0.717) is 5.92 Å². The third-order valence-electron chi connectivity index (χ3n) is 5.07. The Bertz CT molecular complexity index is 554. The van der Waals surface area contributed by atoms with E-state index < -0.39 is 0 Å². The van der Waals surface area contributed by atoms with E-state index >= 15 is 0 Å². The first-order valence-electron chi connectivity index (χ1n) is 9.89. The molecule has 0 unspecified atom stereocenters. The quantitative estimate of drug-likeness (QED) is 0.519. The number of rotatable bonds is 11. The van der Waals surface area contributed by atoms with Crippen LogP contribution in [0.2, 0.25) is 0 Å². The summed E-state index contributed by atoms with van der Waals surface area (Å²) in [6.45, 7) is 6.47. The summed E-state index contributed by atoms with van der Waals surface area (Å²) in [6, 6.07) is 6.54. The lowest BCUT2D eigenvalue weighted by atomic mass is 9.90. The summed E-state index contributed by atoms with van der Waals surface area (Å²) in [7, 11) is 0. The average molecular weight is 344 g/mol. The van der Waals surface area contributed by atoms with Crippen LogP contribution in [0.3, 0.4) is 0 Å². The van der Waals surface area contributed by atoms with Crippen LogP contribution >= 0.6 is 0 Å². The Kier molecular flexibility index (Phi) is 7.37. The SMILES string of the molecule is Cc1cc(C=C2CCC2)ccc1OCCCCCCOCC1COC1. The molecule has 2 fully saturated rings. The fourth-order valence-electron chi connectivity index (χ4n) is 3.16. The predicted octanol–water partition coefficient (Wildman–Crippen LogP) is 5.16. The lowest BCUT2D eigenvalue weighted by Gasteiger charge is -2.25. The Hall–Kier alpha value is -1.32. The standard InChI is InChI=1S/C22H32O3/c1-18-13-20(14-19-7-6-8-19)9-10-22(18)25-12-5-3-2-4-11-23-15-21-16-24-17-21/h9-10,13-14,21H,2-8,11-12,15-17H2,1H3. The van der Waals surface area contributed by atoms with Crippen LogP contribution in [-0.2, 0) is 9.47 Å². The van der Waals surface area contributed by atoms with Gasteiger partial charge >= 0.3 is 0 Å². The highest BCUT2D eigenvalue weighted by Crippen LogP contribution is 2.29. The highest BCUT2D eigenvalue weighted by Gasteiger charge is 2.17. The highest BCUT2D eigenvalue weighted by atomic mass is 16.5. The maximum atomic E-state index is 5.95. The van der Waals surface area contributed by atoms with Crippen LogP contribution in [0.1, 0.15) is 56.1 Å². The Morgan fingerprint density at radius 3 is 2.52 bits per heavy atom. The van der Waals surface area contributed by atoms with Gasteiger partial charge in [-0.05, 0) is 68.7 Å². The molecule has 1 saturated heterocycles. The topological polar surface area (TPSA) is 27.7 Å². The van der Waals surface area contributed by atoms with Gasteiger partial charge in [0.15, 0.2) is 0 Å². The van der Waals surface area contributed by atoms with Gasteiger partial charge in [-0.25, -0.2) is 0 Å². The predicted molar refractivity (Wildman–Crippen MR) is 102 cm³/mol. The van der Waals surface area contributed by atoms with Crippen molar-refractivity contribution >= 4 is 6.08 Å². The third-order valence-corrected chi connectivity index (χ3v) is 5.07. The second kappa shape index (κ2) is 9.98. The molecule has 3 heteroatoms. The van der Waals surface area contributed by atoms with Crippen LogP contribution in [-0.4, -0.2) is 33.0 Å². The van der Waals surface area contributed by atoms with E-state index in [2.05, 4.69) is 31.2 Å². The fourth-order valence-corrected chi connectivity index (χ4v) is 3.16. The van der Waals surface area contributed by atoms with Crippen LogP contribution in [0, 0.1) is 12.8 Å². The molecule has 0 aromatic heterocycles. The molecule has 0 bridgehead atoms. The zero-order valence-corrected chi connectivity index (χ0v) is 15.6. The van der Waals surface area contributed by atoms with Crippen molar-refractivity contribution in [3.05, 3.63) is 34.9 Å². The molecule has 3 nitrogen and oxygen atoms in total. The lowest BCUT2D eigenvalue weighted by Crippen LogP contribution is -2.31. The minimum atomic E-state index is 0.646. The third kappa shape index (κ3) is 6.16. The smallest absolute Gasteiger partial charge is 0.122 e. The molecular weight excluding hydrogens is 312 g/mol. The van der Waals surface area contributed by atoms with Crippen molar-refractivity contribution in [3.63, 3.8) is 0 Å². The molecular formula is C22H32O3. The largest absolute Gasteiger partial charge is 0.493 e. The van der Waals surface area contributed by atoms with Crippen molar-refractivity contribution in [1.82, 2.24) is 0 Å². The molecule has 1 aliphatic carbocycles. The monoisotopic (exact) mass is 344 g/mol. The molecule has 0 radical (unpaired) electrons. The van der Waals surface area contributed by atoms with Gasteiger partial charge < -0.3 is 14.2 Å². The zero-order valence-electron chi connectivity index (χ0n) is 15.6. The van der Waals surface area contributed by atoms with Gasteiger partial charge in [-0.3, -0.25) is 0 Å². The van der Waals surface area contributed by atoms with E-state index in [4.69, 9.17) is 14.2 Å². The summed E-state index contributed by atoms with van der Waals surface area (Å²) < 4.78 is 16.8. The highest BCUT2D eigenvalue weighted by molar-refractivity contribution is 5.56. The van der Waals surface area contributed by atoms with E-state index in [0.717, 1.165) is 51.6 Å². The normalized spacial score (nSPS) is 17.1. The van der Waals surface area contributed by atoms with Crippen molar-refractivity contribution in [2.75, 3.05) is 33.0 Å². The van der Waals surface area contributed by atoms with Crippen molar-refractivity contribution in [2.24, 2.45) is 5.92 Å². The minimum absolute atomic E-state index is 0.646. The van der Waals surface area contributed by atoms with Gasteiger partial charge in [-0.1, -0.05) is 24.1 Å². The molecule has 0 atom stereocenters. The van der Waals surface area contributed by atoms with Gasteiger partial charge in [-0.15, -0.1) is 0 Å². The Labute approximate surface area is 152 Å². The molecule has 1 aliphatic heterocycles. The van der Waals surface area contributed by atoms with Gasteiger partial charge in [0.25, 0.3) is 0 Å². The molecule has 1 saturated carbocycles. The van der Waals surface area contributed by atoms with E-state index in [1.165, 1.54) is 43.2 Å². The Morgan fingerprint density at radius 1 is 1.08 bits per heavy atom.